The van der Waals surface area contributed by atoms with Crippen LogP contribution in [0, 0.1) is 17.2 Å². The Bertz CT molecular complexity index is 443. The molecule has 0 aliphatic heterocycles. The zero-order valence-corrected chi connectivity index (χ0v) is 11.9. The summed E-state index contributed by atoms with van der Waals surface area (Å²) in [5.41, 5.74) is -0.0490. The van der Waals surface area contributed by atoms with Crippen LogP contribution in [0.4, 0.5) is 4.39 Å². The number of carbonyl (C=O) groups is 1. The van der Waals surface area contributed by atoms with Gasteiger partial charge in [-0.1, -0.05) is 39.3 Å². The topological polar surface area (TPSA) is 29.1 Å². The summed E-state index contributed by atoms with van der Waals surface area (Å²) in [5.74, 6) is -0.565. The first-order chi connectivity index (χ1) is 8.24. The van der Waals surface area contributed by atoms with Gasteiger partial charge in [-0.15, -0.1) is 0 Å². The van der Waals surface area contributed by atoms with E-state index in [1.165, 1.54) is 18.2 Å². The Morgan fingerprint density at radius 3 is 2.61 bits per heavy atom. The molecule has 0 spiro atoms. The van der Waals surface area contributed by atoms with Crippen LogP contribution in [0.5, 0.6) is 0 Å². The highest BCUT2D eigenvalue weighted by molar-refractivity contribution is 6.30. The lowest BCUT2D eigenvalue weighted by Gasteiger charge is -2.29. The summed E-state index contributed by atoms with van der Waals surface area (Å²) < 4.78 is 13.5. The zero-order valence-electron chi connectivity index (χ0n) is 11.2. The van der Waals surface area contributed by atoms with E-state index in [2.05, 4.69) is 33.0 Å². The van der Waals surface area contributed by atoms with Crippen LogP contribution in [-0.4, -0.2) is 12.5 Å². The van der Waals surface area contributed by atoms with Crippen LogP contribution in [0.2, 0.25) is 5.02 Å². The van der Waals surface area contributed by atoms with Crippen molar-refractivity contribution in [2.24, 2.45) is 11.3 Å². The monoisotopic (exact) mass is 271 g/mol. The first-order valence-corrected chi connectivity index (χ1v) is 6.35. The summed E-state index contributed by atoms with van der Waals surface area (Å²) in [5, 5.41) is 3.10. The third-order valence-electron chi connectivity index (χ3n) is 3.44. The molecular weight excluding hydrogens is 253 g/mol. The van der Waals surface area contributed by atoms with Gasteiger partial charge in [-0.2, -0.15) is 0 Å². The molecular formula is C14H19ClFNO. The maximum atomic E-state index is 13.5. The van der Waals surface area contributed by atoms with Gasteiger partial charge < -0.3 is 5.32 Å². The molecule has 4 heteroatoms. The number of rotatable bonds is 4. The van der Waals surface area contributed by atoms with Crippen LogP contribution >= 0.6 is 11.6 Å². The highest BCUT2D eigenvalue weighted by atomic mass is 35.5. The molecule has 0 atom stereocenters. The number of benzene rings is 1. The van der Waals surface area contributed by atoms with Crippen molar-refractivity contribution in [3.8, 4) is 0 Å². The molecule has 0 aliphatic carbocycles. The lowest BCUT2D eigenvalue weighted by Crippen LogP contribution is -2.37. The fourth-order valence-electron chi connectivity index (χ4n) is 1.28. The van der Waals surface area contributed by atoms with Crippen LogP contribution in [0.25, 0.3) is 0 Å². The smallest absolute Gasteiger partial charge is 0.254 e. The SMILES string of the molecule is CC(C)C(C)(C)CNC(=O)c1cc(Cl)ccc1F. The van der Waals surface area contributed by atoms with Gasteiger partial charge in [0.25, 0.3) is 5.91 Å². The number of halogens is 2. The van der Waals surface area contributed by atoms with Crippen LogP contribution < -0.4 is 5.32 Å². The minimum atomic E-state index is -0.556. The average Bonchev–Trinajstić information content (AvgIpc) is 2.29. The van der Waals surface area contributed by atoms with E-state index in [1.54, 1.807) is 0 Å². The average molecular weight is 272 g/mol. The molecule has 100 valence electrons. The maximum Gasteiger partial charge on any atom is 0.254 e. The Balaban J connectivity index is 2.75. The molecule has 1 rings (SSSR count). The molecule has 0 saturated carbocycles. The van der Waals surface area contributed by atoms with Crippen molar-refractivity contribution in [2.75, 3.05) is 6.54 Å². The van der Waals surface area contributed by atoms with Gasteiger partial charge >= 0.3 is 0 Å². The van der Waals surface area contributed by atoms with E-state index in [-0.39, 0.29) is 11.0 Å². The summed E-state index contributed by atoms with van der Waals surface area (Å²) in [4.78, 5) is 11.9. The second-order valence-corrected chi connectivity index (χ2v) is 5.89. The molecule has 2 nitrogen and oxygen atoms in total. The van der Waals surface area contributed by atoms with E-state index in [1.807, 2.05) is 0 Å². The molecule has 0 bridgehead atoms. The number of amides is 1. The molecule has 0 aromatic heterocycles. The minimum absolute atomic E-state index is 0.0120. The molecule has 0 saturated heterocycles. The Kier molecular flexibility index (Phi) is 4.74. The van der Waals surface area contributed by atoms with Gasteiger partial charge in [-0.25, -0.2) is 4.39 Å². The number of carbonyl (C=O) groups excluding carboxylic acids is 1. The highest BCUT2D eigenvalue weighted by Crippen LogP contribution is 2.25. The zero-order chi connectivity index (χ0) is 13.9. The minimum Gasteiger partial charge on any atom is -0.351 e. The first kappa shape index (κ1) is 15.0. The lowest BCUT2D eigenvalue weighted by molar-refractivity contribution is 0.0920. The van der Waals surface area contributed by atoms with E-state index in [9.17, 15) is 9.18 Å². The molecule has 1 amide bonds. The van der Waals surface area contributed by atoms with Crippen molar-refractivity contribution < 1.29 is 9.18 Å². The third-order valence-corrected chi connectivity index (χ3v) is 3.68. The predicted molar refractivity (Wildman–Crippen MR) is 72.4 cm³/mol. The summed E-state index contributed by atoms with van der Waals surface area (Å²) in [6, 6.07) is 3.96. The summed E-state index contributed by atoms with van der Waals surface area (Å²) in [6.07, 6.45) is 0. The van der Waals surface area contributed by atoms with Crippen LogP contribution in [-0.2, 0) is 0 Å². The van der Waals surface area contributed by atoms with Crippen molar-refractivity contribution >= 4 is 17.5 Å². The van der Waals surface area contributed by atoms with Crippen LogP contribution in [0.15, 0.2) is 18.2 Å². The van der Waals surface area contributed by atoms with Gasteiger partial charge in [0.1, 0.15) is 5.82 Å². The van der Waals surface area contributed by atoms with E-state index in [0.717, 1.165) is 0 Å². The van der Waals surface area contributed by atoms with E-state index in [0.29, 0.717) is 17.5 Å². The van der Waals surface area contributed by atoms with Crippen molar-refractivity contribution in [1.82, 2.24) is 5.32 Å². The second-order valence-electron chi connectivity index (χ2n) is 5.45. The molecule has 0 radical (unpaired) electrons. The molecule has 0 aliphatic rings. The van der Waals surface area contributed by atoms with Gasteiger partial charge in [0, 0.05) is 11.6 Å². The van der Waals surface area contributed by atoms with Crippen molar-refractivity contribution in [3.63, 3.8) is 0 Å². The normalized spacial score (nSPS) is 11.7. The summed E-state index contributed by atoms with van der Waals surface area (Å²) >= 11 is 5.75. The first-order valence-electron chi connectivity index (χ1n) is 5.97. The number of hydrogen-bond donors (Lipinski definition) is 1. The fourth-order valence-corrected chi connectivity index (χ4v) is 1.45. The largest absolute Gasteiger partial charge is 0.351 e. The van der Waals surface area contributed by atoms with E-state index in [4.69, 9.17) is 11.6 Å². The summed E-state index contributed by atoms with van der Waals surface area (Å²) in [6.45, 7) is 8.80. The standard InChI is InChI=1S/C14H19ClFNO/c1-9(2)14(3,4)8-17-13(18)11-7-10(15)5-6-12(11)16/h5-7,9H,8H2,1-4H3,(H,17,18). The second kappa shape index (κ2) is 5.70. The van der Waals surface area contributed by atoms with Gasteiger partial charge in [-0.05, 0) is 29.5 Å². The molecule has 0 heterocycles. The number of hydrogen-bond acceptors (Lipinski definition) is 1. The third kappa shape index (κ3) is 3.70. The molecule has 1 aromatic carbocycles. The van der Waals surface area contributed by atoms with Crippen molar-refractivity contribution in [1.29, 1.82) is 0 Å². The Labute approximate surface area is 113 Å². The van der Waals surface area contributed by atoms with Gasteiger partial charge in [0.05, 0.1) is 5.56 Å². The van der Waals surface area contributed by atoms with Crippen LogP contribution in [0.1, 0.15) is 38.1 Å². The summed E-state index contributed by atoms with van der Waals surface area (Å²) in [7, 11) is 0. The van der Waals surface area contributed by atoms with Gasteiger partial charge in [0.2, 0.25) is 0 Å². The lowest BCUT2D eigenvalue weighted by atomic mass is 9.81. The Morgan fingerprint density at radius 2 is 2.06 bits per heavy atom. The molecule has 0 fully saturated rings. The van der Waals surface area contributed by atoms with Gasteiger partial charge in [0.15, 0.2) is 0 Å². The quantitative estimate of drug-likeness (QED) is 0.884. The highest BCUT2D eigenvalue weighted by Gasteiger charge is 2.23. The van der Waals surface area contributed by atoms with E-state index >= 15 is 0 Å². The number of nitrogens with one attached hydrogen (secondary N) is 1. The molecule has 1 aromatic rings. The molecule has 0 unspecified atom stereocenters. The fraction of sp³-hybridized carbons (Fsp3) is 0.500. The Morgan fingerprint density at radius 1 is 1.44 bits per heavy atom. The molecule has 18 heavy (non-hydrogen) atoms. The van der Waals surface area contributed by atoms with Crippen molar-refractivity contribution in [3.05, 3.63) is 34.6 Å². The molecule has 1 N–H and O–H groups in total. The van der Waals surface area contributed by atoms with Crippen molar-refractivity contribution in [2.45, 2.75) is 27.7 Å². The maximum absolute atomic E-state index is 13.5. The van der Waals surface area contributed by atoms with Gasteiger partial charge in [-0.3, -0.25) is 4.79 Å². The van der Waals surface area contributed by atoms with Crippen LogP contribution in [0.3, 0.4) is 0 Å². The predicted octanol–water partition coefficient (Wildman–Crippen LogP) is 3.89. The Hall–Kier alpha value is -1.09. The van der Waals surface area contributed by atoms with E-state index < -0.39 is 11.7 Å².